The van der Waals surface area contributed by atoms with Crippen molar-refractivity contribution in [1.29, 1.82) is 0 Å². The summed E-state index contributed by atoms with van der Waals surface area (Å²) in [5.41, 5.74) is 4.15. The minimum atomic E-state index is 0.679. The SMILES string of the molecule is CC.CCC1=C(C)CC2CC12C. The maximum Gasteiger partial charge on any atom is -0.00792 e. The van der Waals surface area contributed by atoms with Crippen LogP contribution in [-0.4, -0.2) is 0 Å². The third-order valence-electron chi connectivity index (χ3n) is 3.52. The molecule has 0 radical (unpaired) electrons. The highest BCUT2D eigenvalue weighted by atomic mass is 14.6. The standard InChI is InChI=1S/C10H16.C2H6/c1-4-9-7(2)5-8-6-10(8,9)3;1-2/h8H,4-6H2,1-3H3;1-2H3. The molecule has 0 nitrogen and oxygen atoms in total. The van der Waals surface area contributed by atoms with E-state index >= 15 is 0 Å². The van der Waals surface area contributed by atoms with Crippen molar-refractivity contribution in [3.8, 4) is 0 Å². The van der Waals surface area contributed by atoms with Gasteiger partial charge in [-0.25, -0.2) is 0 Å². The van der Waals surface area contributed by atoms with E-state index < -0.39 is 0 Å². The predicted molar refractivity (Wildman–Crippen MR) is 55.2 cm³/mol. The first-order valence-electron chi connectivity index (χ1n) is 5.37. The Morgan fingerprint density at radius 1 is 1.42 bits per heavy atom. The van der Waals surface area contributed by atoms with Crippen LogP contribution >= 0.6 is 0 Å². The van der Waals surface area contributed by atoms with Gasteiger partial charge in [-0.2, -0.15) is 0 Å². The average Bonchev–Trinajstić information content (AvgIpc) is 2.60. The van der Waals surface area contributed by atoms with Crippen LogP contribution in [-0.2, 0) is 0 Å². The van der Waals surface area contributed by atoms with Crippen LogP contribution in [0.25, 0.3) is 0 Å². The molecule has 0 aromatic carbocycles. The Bertz CT molecular complexity index is 200. The summed E-state index contributed by atoms with van der Waals surface area (Å²) in [5.74, 6) is 1.04. The normalized spacial score (nSPS) is 37.2. The van der Waals surface area contributed by atoms with Crippen LogP contribution in [0, 0.1) is 11.3 Å². The molecule has 0 amide bonds. The smallest absolute Gasteiger partial charge is 0.00792 e. The third kappa shape index (κ3) is 1.22. The van der Waals surface area contributed by atoms with Crippen molar-refractivity contribution in [2.24, 2.45) is 11.3 Å². The van der Waals surface area contributed by atoms with Crippen molar-refractivity contribution < 1.29 is 0 Å². The van der Waals surface area contributed by atoms with E-state index in [2.05, 4.69) is 20.8 Å². The lowest BCUT2D eigenvalue weighted by Crippen LogP contribution is -1.96. The van der Waals surface area contributed by atoms with Crippen LogP contribution in [0.1, 0.15) is 53.9 Å². The van der Waals surface area contributed by atoms with Crippen LogP contribution in [0.3, 0.4) is 0 Å². The average molecular weight is 166 g/mol. The molecule has 0 bridgehead atoms. The van der Waals surface area contributed by atoms with Gasteiger partial charge in [-0.3, -0.25) is 0 Å². The Hall–Kier alpha value is -0.260. The molecule has 2 aliphatic rings. The van der Waals surface area contributed by atoms with Gasteiger partial charge in [-0.05, 0) is 37.5 Å². The monoisotopic (exact) mass is 166 g/mol. The third-order valence-corrected chi connectivity index (χ3v) is 3.52. The summed E-state index contributed by atoms with van der Waals surface area (Å²) in [6, 6.07) is 0. The van der Waals surface area contributed by atoms with Gasteiger partial charge in [0.15, 0.2) is 0 Å². The fraction of sp³-hybridized carbons (Fsp3) is 0.833. The van der Waals surface area contributed by atoms with Gasteiger partial charge in [-0.15, -0.1) is 0 Å². The Kier molecular flexibility index (Phi) is 2.65. The maximum absolute atomic E-state index is 2.44. The van der Waals surface area contributed by atoms with E-state index in [9.17, 15) is 0 Å². The molecular weight excluding hydrogens is 144 g/mol. The quantitative estimate of drug-likeness (QED) is 0.513. The molecule has 0 N–H and O–H groups in total. The van der Waals surface area contributed by atoms with E-state index in [1.165, 1.54) is 19.3 Å². The largest absolute Gasteiger partial charge is 0.0733 e. The van der Waals surface area contributed by atoms with Gasteiger partial charge < -0.3 is 0 Å². The van der Waals surface area contributed by atoms with Crippen LogP contribution in [0.15, 0.2) is 11.1 Å². The number of fused-ring (bicyclic) bond motifs is 1. The molecule has 2 aliphatic carbocycles. The Labute approximate surface area is 77.1 Å². The van der Waals surface area contributed by atoms with Crippen molar-refractivity contribution in [2.75, 3.05) is 0 Å². The lowest BCUT2D eigenvalue weighted by Gasteiger charge is -2.10. The van der Waals surface area contributed by atoms with Crippen LogP contribution in [0.2, 0.25) is 0 Å². The zero-order valence-corrected chi connectivity index (χ0v) is 9.20. The molecular formula is C12H22. The summed E-state index contributed by atoms with van der Waals surface area (Å²) in [6.45, 7) is 11.0. The van der Waals surface area contributed by atoms with Gasteiger partial charge in [-0.1, -0.05) is 38.8 Å². The summed E-state index contributed by atoms with van der Waals surface area (Å²) in [4.78, 5) is 0. The van der Waals surface area contributed by atoms with Gasteiger partial charge in [0.2, 0.25) is 0 Å². The van der Waals surface area contributed by atoms with E-state index in [1.54, 1.807) is 11.1 Å². The Morgan fingerprint density at radius 3 is 2.25 bits per heavy atom. The van der Waals surface area contributed by atoms with Crippen molar-refractivity contribution in [2.45, 2.75) is 53.9 Å². The van der Waals surface area contributed by atoms with E-state index in [0.717, 1.165) is 5.92 Å². The molecule has 1 saturated carbocycles. The van der Waals surface area contributed by atoms with Gasteiger partial charge in [0.1, 0.15) is 0 Å². The summed E-state index contributed by atoms with van der Waals surface area (Å²) >= 11 is 0. The van der Waals surface area contributed by atoms with E-state index in [4.69, 9.17) is 0 Å². The Balaban J connectivity index is 0.000000336. The highest BCUT2D eigenvalue weighted by Gasteiger charge is 2.55. The zero-order chi connectivity index (χ0) is 9.35. The number of hydrogen-bond donors (Lipinski definition) is 0. The fourth-order valence-corrected chi connectivity index (χ4v) is 2.81. The van der Waals surface area contributed by atoms with Crippen molar-refractivity contribution >= 4 is 0 Å². The van der Waals surface area contributed by atoms with Gasteiger partial charge in [0.25, 0.3) is 0 Å². The van der Waals surface area contributed by atoms with Crippen LogP contribution < -0.4 is 0 Å². The van der Waals surface area contributed by atoms with Gasteiger partial charge >= 0.3 is 0 Å². The predicted octanol–water partition coefficient (Wildman–Crippen LogP) is 4.17. The van der Waals surface area contributed by atoms with Gasteiger partial charge in [0, 0.05) is 0 Å². The minimum Gasteiger partial charge on any atom is -0.0733 e. The second-order valence-corrected chi connectivity index (χ2v) is 4.14. The molecule has 0 spiro atoms. The number of hydrogen-bond acceptors (Lipinski definition) is 0. The number of allylic oxidation sites excluding steroid dienone is 2. The topological polar surface area (TPSA) is 0 Å². The summed E-state index contributed by atoms with van der Waals surface area (Å²) < 4.78 is 0. The van der Waals surface area contributed by atoms with Crippen LogP contribution in [0.5, 0.6) is 0 Å². The Morgan fingerprint density at radius 2 is 2.00 bits per heavy atom. The zero-order valence-electron chi connectivity index (χ0n) is 9.20. The summed E-state index contributed by atoms with van der Waals surface area (Å²) in [6.07, 6.45) is 4.17. The molecule has 2 atom stereocenters. The molecule has 1 fully saturated rings. The molecule has 0 aliphatic heterocycles. The molecule has 0 heteroatoms. The van der Waals surface area contributed by atoms with Crippen LogP contribution in [0.4, 0.5) is 0 Å². The molecule has 2 unspecified atom stereocenters. The summed E-state index contributed by atoms with van der Waals surface area (Å²) in [7, 11) is 0. The molecule has 70 valence electrons. The van der Waals surface area contributed by atoms with E-state index in [-0.39, 0.29) is 0 Å². The molecule has 0 heterocycles. The van der Waals surface area contributed by atoms with Crippen molar-refractivity contribution in [1.82, 2.24) is 0 Å². The van der Waals surface area contributed by atoms with Gasteiger partial charge in [0.05, 0.1) is 0 Å². The lowest BCUT2D eigenvalue weighted by atomic mass is 9.95. The number of rotatable bonds is 1. The first kappa shape index (κ1) is 9.83. The second-order valence-electron chi connectivity index (χ2n) is 4.14. The van der Waals surface area contributed by atoms with E-state index in [1.807, 2.05) is 13.8 Å². The molecule has 0 saturated heterocycles. The summed E-state index contributed by atoms with van der Waals surface area (Å²) in [5, 5.41) is 0. The van der Waals surface area contributed by atoms with Crippen molar-refractivity contribution in [3.05, 3.63) is 11.1 Å². The molecule has 12 heavy (non-hydrogen) atoms. The highest BCUT2D eigenvalue weighted by Crippen LogP contribution is 2.66. The minimum absolute atomic E-state index is 0.679. The van der Waals surface area contributed by atoms with E-state index in [0.29, 0.717) is 5.41 Å². The lowest BCUT2D eigenvalue weighted by molar-refractivity contribution is 0.618. The first-order chi connectivity index (χ1) is 5.68. The second kappa shape index (κ2) is 3.24. The first-order valence-corrected chi connectivity index (χ1v) is 5.37. The highest BCUT2D eigenvalue weighted by molar-refractivity contribution is 5.35. The molecule has 0 aromatic heterocycles. The maximum atomic E-state index is 2.44. The molecule has 0 aromatic rings. The fourth-order valence-electron chi connectivity index (χ4n) is 2.81. The van der Waals surface area contributed by atoms with Crippen molar-refractivity contribution in [3.63, 3.8) is 0 Å². The molecule has 2 rings (SSSR count).